The third-order valence-corrected chi connectivity index (χ3v) is 4.83. The number of phenols is 1. The van der Waals surface area contributed by atoms with E-state index >= 15 is 0 Å². The van der Waals surface area contributed by atoms with Crippen LogP contribution < -0.4 is 20.2 Å². The molecule has 3 rings (SSSR count). The average molecular weight is 490 g/mol. The Kier molecular flexibility index (Phi) is 8.33. The smallest absolute Gasteiger partial charge is 0.287 e. The van der Waals surface area contributed by atoms with E-state index in [1.807, 2.05) is 0 Å². The molecule has 0 fully saturated rings. The first kappa shape index (κ1) is 25.4. The lowest BCUT2D eigenvalue weighted by Gasteiger charge is -2.10. The number of carbonyl (C=O) groups is 2. The van der Waals surface area contributed by atoms with E-state index in [0.717, 1.165) is 0 Å². The Bertz CT molecular complexity index is 1290. The Morgan fingerprint density at radius 1 is 0.972 bits per heavy atom. The summed E-state index contributed by atoms with van der Waals surface area (Å²) in [5.41, 5.74) is 3.29. The van der Waals surface area contributed by atoms with Crippen LogP contribution in [-0.2, 0) is 4.79 Å². The zero-order valence-electron chi connectivity index (χ0n) is 19.3. The normalized spacial score (nSPS) is 11.1. The van der Waals surface area contributed by atoms with Gasteiger partial charge in [0.2, 0.25) is 5.75 Å². The molecule has 0 saturated carbocycles. The number of carbonyl (C=O) groups excluding carboxylic acids is 2. The van der Waals surface area contributed by atoms with Crippen molar-refractivity contribution in [1.29, 1.82) is 0 Å². The van der Waals surface area contributed by atoms with Crippen molar-refractivity contribution in [1.82, 2.24) is 10.7 Å². The number of hydrogen-bond donors (Lipinski definition) is 3. The van der Waals surface area contributed by atoms with Gasteiger partial charge < -0.3 is 19.9 Å². The summed E-state index contributed by atoms with van der Waals surface area (Å²) in [5, 5.41) is 27.4. The lowest BCUT2D eigenvalue weighted by atomic mass is 10.1. The van der Waals surface area contributed by atoms with Gasteiger partial charge in [0.25, 0.3) is 17.5 Å². The molecule has 0 unspecified atom stereocenters. The highest BCUT2D eigenvalue weighted by atomic mass is 16.6. The van der Waals surface area contributed by atoms with Crippen molar-refractivity contribution in [3.05, 3.63) is 99.2 Å². The number of methoxy groups -OCH3 is 2. The number of non-ortho nitro benzene ring substituents is 1. The van der Waals surface area contributed by atoms with Crippen LogP contribution in [0.25, 0.3) is 6.08 Å². The molecule has 11 nitrogen and oxygen atoms in total. The topological polar surface area (TPSA) is 152 Å². The van der Waals surface area contributed by atoms with Gasteiger partial charge in [0.05, 0.1) is 25.4 Å². The summed E-state index contributed by atoms with van der Waals surface area (Å²) in [6, 6.07) is 16.7. The van der Waals surface area contributed by atoms with Gasteiger partial charge >= 0.3 is 0 Å². The standard InChI is InChI=1S/C25H22N4O7/c1-35-21-13-17(14-22(36-2)23(21)30)15-26-28-25(32)20(27-24(31)18-6-4-3-5-7-18)12-16-8-10-19(11-9-16)29(33)34/h3-15,30H,1-2H3,(H,27,31)(H,28,32)/b20-12-,26-15-. The Balaban J connectivity index is 1.85. The molecule has 3 aromatic rings. The molecule has 36 heavy (non-hydrogen) atoms. The second-order valence-electron chi connectivity index (χ2n) is 7.20. The van der Waals surface area contributed by atoms with E-state index < -0.39 is 16.7 Å². The number of nitro benzene ring substituents is 1. The van der Waals surface area contributed by atoms with Gasteiger partial charge in [-0.2, -0.15) is 5.10 Å². The molecule has 0 heterocycles. The number of nitrogens with one attached hydrogen (secondary N) is 2. The highest BCUT2D eigenvalue weighted by Gasteiger charge is 2.15. The number of hydrogen-bond acceptors (Lipinski definition) is 8. The number of nitro groups is 1. The van der Waals surface area contributed by atoms with Crippen LogP contribution in [0.15, 0.2) is 77.5 Å². The van der Waals surface area contributed by atoms with Gasteiger partial charge in [0.15, 0.2) is 11.5 Å². The second kappa shape index (κ2) is 11.8. The summed E-state index contributed by atoms with van der Waals surface area (Å²) in [5.74, 6) is -1.16. The molecule has 0 aromatic heterocycles. The number of benzene rings is 3. The molecule has 0 radical (unpaired) electrons. The fraction of sp³-hybridized carbons (Fsp3) is 0.0800. The fourth-order valence-electron chi connectivity index (χ4n) is 3.02. The van der Waals surface area contributed by atoms with Gasteiger partial charge in [-0.1, -0.05) is 18.2 Å². The SMILES string of the molecule is COc1cc(/C=N\NC(=O)/C(=C/c2ccc([N+](=O)[O-])cc2)NC(=O)c2ccccc2)cc(OC)c1O. The first-order valence-corrected chi connectivity index (χ1v) is 10.4. The molecule has 0 aliphatic carbocycles. The number of phenolic OH excluding ortho intramolecular Hbond substituents is 1. The lowest BCUT2D eigenvalue weighted by molar-refractivity contribution is -0.384. The lowest BCUT2D eigenvalue weighted by Crippen LogP contribution is -2.32. The highest BCUT2D eigenvalue weighted by molar-refractivity contribution is 6.05. The monoisotopic (exact) mass is 490 g/mol. The number of amides is 2. The fourth-order valence-corrected chi connectivity index (χ4v) is 3.02. The van der Waals surface area contributed by atoms with Crippen LogP contribution in [0.1, 0.15) is 21.5 Å². The molecular formula is C25H22N4O7. The third kappa shape index (κ3) is 6.44. The quantitative estimate of drug-likeness (QED) is 0.180. The number of aromatic hydroxyl groups is 1. The van der Waals surface area contributed by atoms with E-state index in [2.05, 4.69) is 15.8 Å². The maximum Gasteiger partial charge on any atom is 0.287 e. The predicted molar refractivity (Wildman–Crippen MR) is 132 cm³/mol. The Hall–Kier alpha value is -5.19. The maximum atomic E-state index is 12.9. The van der Waals surface area contributed by atoms with Crippen LogP contribution in [0, 0.1) is 10.1 Å². The van der Waals surface area contributed by atoms with Crippen molar-refractivity contribution in [3.8, 4) is 17.2 Å². The van der Waals surface area contributed by atoms with Crippen molar-refractivity contribution in [3.63, 3.8) is 0 Å². The number of rotatable bonds is 9. The predicted octanol–water partition coefficient (Wildman–Crippen LogP) is 3.24. The molecule has 3 aromatic carbocycles. The van der Waals surface area contributed by atoms with Crippen molar-refractivity contribution in [2.75, 3.05) is 14.2 Å². The Morgan fingerprint density at radius 2 is 1.58 bits per heavy atom. The highest BCUT2D eigenvalue weighted by Crippen LogP contribution is 2.36. The number of ether oxygens (including phenoxy) is 2. The minimum atomic E-state index is -0.744. The first-order chi connectivity index (χ1) is 17.3. The van der Waals surface area contributed by atoms with Crippen LogP contribution in [0.3, 0.4) is 0 Å². The molecule has 0 bridgehead atoms. The molecular weight excluding hydrogens is 468 g/mol. The number of nitrogens with zero attached hydrogens (tertiary/aromatic N) is 2. The summed E-state index contributed by atoms with van der Waals surface area (Å²) in [7, 11) is 2.75. The van der Waals surface area contributed by atoms with Crippen LogP contribution in [0.2, 0.25) is 0 Å². The van der Waals surface area contributed by atoms with Crippen molar-refractivity contribution >= 4 is 29.8 Å². The summed E-state index contributed by atoms with van der Waals surface area (Å²) >= 11 is 0. The molecule has 3 N–H and O–H groups in total. The molecule has 0 saturated heterocycles. The van der Waals surface area contributed by atoms with Gasteiger partial charge in [-0.25, -0.2) is 5.43 Å². The summed E-state index contributed by atoms with van der Waals surface area (Å²) < 4.78 is 10.2. The molecule has 2 amide bonds. The van der Waals surface area contributed by atoms with Gasteiger partial charge in [0, 0.05) is 23.3 Å². The molecule has 0 atom stereocenters. The van der Waals surface area contributed by atoms with Crippen molar-refractivity contribution < 1.29 is 29.1 Å². The van der Waals surface area contributed by atoms with E-state index in [0.29, 0.717) is 16.7 Å². The van der Waals surface area contributed by atoms with Gasteiger partial charge in [0.1, 0.15) is 5.70 Å². The van der Waals surface area contributed by atoms with Crippen LogP contribution in [-0.4, -0.2) is 42.3 Å². The zero-order valence-corrected chi connectivity index (χ0v) is 19.3. The van der Waals surface area contributed by atoms with Gasteiger partial charge in [-0.3, -0.25) is 19.7 Å². The summed E-state index contributed by atoms with van der Waals surface area (Å²) in [6.45, 7) is 0. The van der Waals surface area contributed by atoms with Crippen LogP contribution >= 0.6 is 0 Å². The number of hydrazone groups is 1. The minimum Gasteiger partial charge on any atom is -0.502 e. The van der Waals surface area contributed by atoms with Crippen molar-refractivity contribution in [2.45, 2.75) is 0 Å². The zero-order chi connectivity index (χ0) is 26.1. The van der Waals surface area contributed by atoms with Gasteiger partial charge in [-0.15, -0.1) is 0 Å². The largest absolute Gasteiger partial charge is 0.502 e. The molecule has 184 valence electrons. The summed E-state index contributed by atoms with van der Waals surface area (Å²) in [6.07, 6.45) is 2.66. The average Bonchev–Trinajstić information content (AvgIpc) is 2.89. The van der Waals surface area contributed by atoms with Gasteiger partial charge in [-0.05, 0) is 48.0 Å². The second-order valence-corrected chi connectivity index (χ2v) is 7.20. The van der Waals surface area contributed by atoms with E-state index in [1.54, 1.807) is 30.3 Å². The maximum absolute atomic E-state index is 12.9. The van der Waals surface area contributed by atoms with E-state index in [4.69, 9.17) is 9.47 Å². The molecule has 0 aliphatic heterocycles. The Labute approximate surface area is 205 Å². The molecule has 0 aliphatic rings. The molecule has 11 heteroatoms. The minimum absolute atomic E-state index is 0.115. The first-order valence-electron chi connectivity index (χ1n) is 10.4. The summed E-state index contributed by atoms with van der Waals surface area (Å²) in [4.78, 5) is 35.9. The third-order valence-electron chi connectivity index (χ3n) is 4.83. The Morgan fingerprint density at radius 3 is 2.14 bits per heavy atom. The van der Waals surface area contributed by atoms with Crippen LogP contribution in [0.4, 0.5) is 5.69 Å². The van der Waals surface area contributed by atoms with E-state index in [9.17, 15) is 24.8 Å². The van der Waals surface area contributed by atoms with Crippen molar-refractivity contribution in [2.24, 2.45) is 5.10 Å². The van der Waals surface area contributed by atoms with E-state index in [-0.39, 0.29) is 28.6 Å². The molecule has 0 spiro atoms. The van der Waals surface area contributed by atoms with Crippen LogP contribution in [0.5, 0.6) is 17.2 Å². The van der Waals surface area contributed by atoms with E-state index in [1.165, 1.54) is 62.9 Å².